The van der Waals surface area contributed by atoms with E-state index < -0.39 is 0 Å². The molecule has 1 aromatic carbocycles. The molecule has 1 aromatic heterocycles. The highest BCUT2D eigenvalue weighted by Gasteiger charge is 2.15. The molecule has 0 radical (unpaired) electrons. The molecular weight excluding hydrogens is 229 g/mol. The van der Waals surface area contributed by atoms with Crippen molar-refractivity contribution in [2.75, 3.05) is 13.1 Å². The number of halogens is 1. The molecule has 0 atom stereocenters. The third-order valence-electron chi connectivity index (χ3n) is 3.52. The zero-order valence-electron chi connectivity index (χ0n) is 10.2. The van der Waals surface area contributed by atoms with Gasteiger partial charge in [0.05, 0.1) is 5.52 Å². The van der Waals surface area contributed by atoms with Crippen LogP contribution in [0.2, 0.25) is 0 Å². The van der Waals surface area contributed by atoms with Crippen LogP contribution in [0.3, 0.4) is 0 Å². The summed E-state index contributed by atoms with van der Waals surface area (Å²) in [6.07, 6.45) is 5.02. The van der Waals surface area contributed by atoms with Gasteiger partial charge in [-0.15, -0.1) is 0 Å². The third-order valence-corrected chi connectivity index (χ3v) is 3.52. The molecule has 1 aliphatic rings. The molecule has 1 saturated heterocycles. The molecule has 0 spiro atoms. The van der Waals surface area contributed by atoms with Gasteiger partial charge in [-0.1, -0.05) is 0 Å². The van der Waals surface area contributed by atoms with Crippen LogP contribution in [-0.2, 0) is 6.42 Å². The highest BCUT2D eigenvalue weighted by molar-refractivity contribution is 5.77. The van der Waals surface area contributed by atoms with Crippen LogP contribution in [-0.4, -0.2) is 23.1 Å². The molecule has 2 heterocycles. The van der Waals surface area contributed by atoms with Crippen LogP contribution in [0.5, 0.6) is 0 Å². The van der Waals surface area contributed by atoms with Gasteiger partial charge in [0.2, 0.25) is 0 Å². The second-order valence-corrected chi connectivity index (χ2v) is 4.89. The molecule has 3 nitrogen and oxygen atoms in total. The van der Waals surface area contributed by atoms with Crippen molar-refractivity contribution in [2.45, 2.75) is 19.3 Å². The number of aromatic nitrogens is 2. The SMILES string of the molecule is Fc1ccc2nc(CC3CCNCC3)ncc2c1. The Morgan fingerprint density at radius 1 is 1.28 bits per heavy atom. The molecule has 3 rings (SSSR count). The number of piperidine rings is 1. The number of nitrogens with zero attached hydrogens (tertiary/aromatic N) is 2. The summed E-state index contributed by atoms with van der Waals surface area (Å²) in [5.74, 6) is 1.31. The number of fused-ring (bicyclic) bond motifs is 1. The van der Waals surface area contributed by atoms with Gasteiger partial charge in [0.15, 0.2) is 0 Å². The number of hydrogen-bond donors (Lipinski definition) is 1. The van der Waals surface area contributed by atoms with Crippen molar-refractivity contribution in [3.8, 4) is 0 Å². The first-order chi connectivity index (χ1) is 8.81. The van der Waals surface area contributed by atoms with E-state index in [-0.39, 0.29) is 5.82 Å². The van der Waals surface area contributed by atoms with E-state index in [2.05, 4.69) is 15.3 Å². The van der Waals surface area contributed by atoms with Crippen LogP contribution in [0.1, 0.15) is 18.7 Å². The van der Waals surface area contributed by atoms with Crippen molar-refractivity contribution in [2.24, 2.45) is 5.92 Å². The van der Waals surface area contributed by atoms with E-state index in [1.165, 1.54) is 25.0 Å². The Morgan fingerprint density at radius 2 is 2.11 bits per heavy atom. The Hall–Kier alpha value is -1.55. The predicted molar refractivity (Wildman–Crippen MR) is 68.8 cm³/mol. The van der Waals surface area contributed by atoms with E-state index in [4.69, 9.17) is 0 Å². The predicted octanol–water partition coefficient (Wildman–Crippen LogP) is 2.31. The second kappa shape index (κ2) is 4.98. The van der Waals surface area contributed by atoms with Gasteiger partial charge >= 0.3 is 0 Å². The van der Waals surface area contributed by atoms with Crippen LogP contribution in [0.15, 0.2) is 24.4 Å². The van der Waals surface area contributed by atoms with Crippen LogP contribution >= 0.6 is 0 Å². The number of rotatable bonds is 2. The van der Waals surface area contributed by atoms with Gasteiger partial charge in [-0.05, 0) is 50.0 Å². The van der Waals surface area contributed by atoms with E-state index >= 15 is 0 Å². The van der Waals surface area contributed by atoms with E-state index in [1.54, 1.807) is 12.3 Å². The summed E-state index contributed by atoms with van der Waals surface area (Å²) in [6.45, 7) is 2.17. The Labute approximate surface area is 105 Å². The maximum Gasteiger partial charge on any atom is 0.129 e. The molecule has 1 fully saturated rings. The standard InChI is InChI=1S/C14H16FN3/c15-12-1-2-13-11(8-12)9-17-14(18-13)7-10-3-5-16-6-4-10/h1-2,8-10,16H,3-7H2. The van der Waals surface area contributed by atoms with Crippen molar-refractivity contribution in [3.05, 3.63) is 36.0 Å². The van der Waals surface area contributed by atoms with Crippen LogP contribution < -0.4 is 5.32 Å². The lowest BCUT2D eigenvalue weighted by atomic mass is 9.94. The van der Waals surface area contributed by atoms with Gasteiger partial charge in [0, 0.05) is 18.0 Å². The minimum Gasteiger partial charge on any atom is -0.317 e. The van der Waals surface area contributed by atoms with Gasteiger partial charge in [-0.2, -0.15) is 0 Å². The van der Waals surface area contributed by atoms with Crippen LogP contribution in [0, 0.1) is 11.7 Å². The zero-order chi connectivity index (χ0) is 12.4. The number of nitrogens with one attached hydrogen (secondary N) is 1. The molecule has 1 aliphatic heterocycles. The fourth-order valence-electron chi connectivity index (χ4n) is 2.48. The lowest BCUT2D eigenvalue weighted by Gasteiger charge is -2.21. The first-order valence-corrected chi connectivity index (χ1v) is 6.43. The molecule has 0 saturated carbocycles. The summed E-state index contributed by atoms with van der Waals surface area (Å²) >= 11 is 0. The minimum atomic E-state index is -0.239. The Bertz CT molecular complexity index is 550. The maximum atomic E-state index is 13.0. The summed E-state index contributed by atoms with van der Waals surface area (Å²) in [5.41, 5.74) is 0.829. The highest BCUT2D eigenvalue weighted by Crippen LogP contribution is 2.18. The average molecular weight is 245 g/mol. The smallest absolute Gasteiger partial charge is 0.129 e. The Morgan fingerprint density at radius 3 is 2.94 bits per heavy atom. The zero-order valence-corrected chi connectivity index (χ0v) is 10.2. The Balaban J connectivity index is 1.82. The third kappa shape index (κ3) is 2.48. The largest absolute Gasteiger partial charge is 0.317 e. The second-order valence-electron chi connectivity index (χ2n) is 4.89. The molecule has 2 aromatic rings. The number of benzene rings is 1. The molecular formula is C14H16FN3. The van der Waals surface area contributed by atoms with Crippen molar-refractivity contribution < 1.29 is 4.39 Å². The minimum absolute atomic E-state index is 0.239. The van der Waals surface area contributed by atoms with Gasteiger partial charge in [-0.25, -0.2) is 14.4 Å². The van der Waals surface area contributed by atoms with E-state index in [9.17, 15) is 4.39 Å². The lowest BCUT2D eigenvalue weighted by Crippen LogP contribution is -2.29. The van der Waals surface area contributed by atoms with E-state index in [0.717, 1.165) is 36.2 Å². The van der Waals surface area contributed by atoms with Crippen LogP contribution in [0.4, 0.5) is 4.39 Å². The van der Waals surface area contributed by atoms with E-state index in [0.29, 0.717) is 5.92 Å². The molecule has 0 amide bonds. The quantitative estimate of drug-likeness (QED) is 0.882. The highest BCUT2D eigenvalue weighted by atomic mass is 19.1. The summed E-state index contributed by atoms with van der Waals surface area (Å²) in [4.78, 5) is 8.86. The number of hydrogen-bond acceptors (Lipinski definition) is 3. The molecule has 0 aliphatic carbocycles. The molecule has 1 N–H and O–H groups in total. The fraction of sp³-hybridized carbons (Fsp3) is 0.429. The van der Waals surface area contributed by atoms with Crippen molar-refractivity contribution >= 4 is 10.9 Å². The van der Waals surface area contributed by atoms with Gasteiger partial charge in [0.25, 0.3) is 0 Å². The average Bonchev–Trinajstić information content (AvgIpc) is 2.40. The van der Waals surface area contributed by atoms with Gasteiger partial charge < -0.3 is 5.32 Å². The van der Waals surface area contributed by atoms with Crippen molar-refractivity contribution in [1.29, 1.82) is 0 Å². The van der Waals surface area contributed by atoms with Crippen LogP contribution in [0.25, 0.3) is 10.9 Å². The first kappa shape index (κ1) is 11.5. The fourth-order valence-corrected chi connectivity index (χ4v) is 2.48. The normalized spacial score (nSPS) is 17.2. The first-order valence-electron chi connectivity index (χ1n) is 6.43. The molecule has 94 valence electrons. The summed E-state index contributed by atoms with van der Waals surface area (Å²) in [5, 5.41) is 4.12. The van der Waals surface area contributed by atoms with E-state index in [1.807, 2.05) is 0 Å². The summed E-state index contributed by atoms with van der Waals surface area (Å²) in [6, 6.07) is 4.64. The monoisotopic (exact) mass is 245 g/mol. The molecule has 4 heteroatoms. The lowest BCUT2D eigenvalue weighted by molar-refractivity contribution is 0.367. The Kier molecular flexibility index (Phi) is 3.19. The van der Waals surface area contributed by atoms with Gasteiger partial charge in [-0.3, -0.25) is 0 Å². The van der Waals surface area contributed by atoms with Gasteiger partial charge in [0.1, 0.15) is 11.6 Å². The molecule has 18 heavy (non-hydrogen) atoms. The maximum absolute atomic E-state index is 13.0. The van der Waals surface area contributed by atoms with Crippen molar-refractivity contribution in [3.63, 3.8) is 0 Å². The summed E-state index contributed by atoms with van der Waals surface area (Å²) < 4.78 is 13.0. The molecule has 0 bridgehead atoms. The topological polar surface area (TPSA) is 37.8 Å². The van der Waals surface area contributed by atoms with Crippen molar-refractivity contribution in [1.82, 2.24) is 15.3 Å². The molecule has 0 unspecified atom stereocenters. The summed E-state index contributed by atoms with van der Waals surface area (Å²) in [7, 11) is 0.